The number of hydrogen-bond acceptors (Lipinski definition) is 2. The smallest absolute Gasteiger partial charge is 0.197 e. The van der Waals surface area contributed by atoms with Crippen molar-refractivity contribution >= 4 is 17.5 Å². The predicted molar refractivity (Wildman–Crippen MR) is 78.5 cm³/mol. The van der Waals surface area contributed by atoms with Gasteiger partial charge in [0.05, 0.1) is 5.69 Å². The molecular formula is C15H18ClN3. The predicted octanol–water partition coefficient (Wildman–Crippen LogP) is 3.86. The largest absolute Gasteiger partial charge is 0.369 e. The molecule has 19 heavy (non-hydrogen) atoms. The van der Waals surface area contributed by atoms with Crippen LogP contribution in [0.25, 0.3) is 0 Å². The second-order valence-corrected chi connectivity index (χ2v) is 6.40. The van der Waals surface area contributed by atoms with Gasteiger partial charge in [-0.15, -0.1) is 0 Å². The zero-order valence-electron chi connectivity index (χ0n) is 11.4. The van der Waals surface area contributed by atoms with E-state index in [1.807, 2.05) is 19.1 Å². The molecule has 1 aliphatic carbocycles. The van der Waals surface area contributed by atoms with Gasteiger partial charge in [-0.1, -0.05) is 37.6 Å². The number of aromatic amines is 1. The highest BCUT2D eigenvalue weighted by Gasteiger charge is 2.60. The number of H-pyrrole nitrogens is 1. The minimum absolute atomic E-state index is 0.192. The fourth-order valence-corrected chi connectivity index (χ4v) is 3.47. The molecule has 0 radical (unpaired) electrons. The minimum atomic E-state index is 0.192. The number of nitrogens with one attached hydrogen (secondary N) is 1. The second-order valence-electron chi connectivity index (χ2n) is 5.96. The molecule has 1 saturated carbocycles. The first-order valence-electron chi connectivity index (χ1n) is 6.48. The zero-order chi connectivity index (χ0) is 13.8. The molecule has 1 aromatic heterocycles. The van der Waals surface area contributed by atoms with Crippen molar-refractivity contribution < 1.29 is 0 Å². The van der Waals surface area contributed by atoms with E-state index in [-0.39, 0.29) is 5.41 Å². The summed E-state index contributed by atoms with van der Waals surface area (Å²) in [5, 5.41) is 0.789. The lowest BCUT2D eigenvalue weighted by atomic mass is 10.0. The number of halogens is 1. The van der Waals surface area contributed by atoms with Crippen molar-refractivity contribution in [3.63, 3.8) is 0 Å². The van der Waals surface area contributed by atoms with Crippen LogP contribution in [0.15, 0.2) is 24.3 Å². The van der Waals surface area contributed by atoms with Crippen molar-refractivity contribution in [3.8, 4) is 0 Å². The lowest BCUT2D eigenvalue weighted by molar-refractivity contribution is 0.597. The number of aromatic nitrogens is 2. The highest BCUT2D eigenvalue weighted by molar-refractivity contribution is 6.30. The number of imidazole rings is 1. The summed E-state index contributed by atoms with van der Waals surface area (Å²) in [5.74, 6) is 1.35. The number of aryl methyl sites for hydroxylation is 1. The first kappa shape index (κ1) is 12.5. The van der Waals surface area contributed by atoms with Crippen LogP contribution in [0.2, 0.25) is 5.02 Å². The molecule has 1 heterocycles. The van der Waals surface area contributed by atoms with Crippen LogP contribution >= 0.6 is 11.6 Å². The fourth-order valence-electron chi connectivity index (χ4n) is 3.27. The fraction of sp³-hybridized carbons (Fsp3) is 0.400. The minimum Gasteiger partial charge on any atom is -0.369 e. The lowest BCUT2D eigenvalue weighted by Crippen LogP contribution is -1.92. The topological polar surface area (TPSA) is 54.7 Å². The summed E-state index contributed by atoms with van der Waals surface area (Å²) < 4.78 is 0. The molecule has 2 atom stereocenters. The van der Waals surface area contributed by atoms with E-state index in [9.17, 15) is 0 Å². The number of hydrogen-bond donors (Lipinski definition) is 2. The Bertz CT molecular complexity index is 630. The Morgan fingerprint density at radius 3 is 2.63 bits per heavy atom. The Labute approximate surface area is 118 Å². The maximum atomic E-state index is 6.10. The summed E-state index contributed by atoms with van der Waals surface area (Å²) in [7, 11) is 0. The van der Waals surface area contributed by atoms with Crippen molar-refractivity contribution in [1.29, 1.82) is 0 Å². The van der Waals surface area contributed by atoms with Crippen LogP contribution in [-0.2, 0) is 0 Å². The Morgan fingerprint density at radius 2 is 2.05 bits per heavy atom. The van der Waals surface area contributed by atoms with Gasteiger partial charge in [-0.2, -0.15) is 0 Å². The molecule has 4 heteroatoms. The van der Waals surface area contributed by atoms with Crippen LogP contribution in [0, 0.1) is 12.3 Å². The molecule has 1 aromatic carbocycles. The van der Waals surface area contributed by atoms with Crippen molar-refractivity contribution in [1.82, 2.24) is 9.97 Å². The Morgan fingerprint density at radius 1 is 1.32 bits per heavy atom. The average molecular weight is 276 g/mol. The van der Waals surface area contributed by atoms with Gasteiger partial charge in [0.1, 0.15) is 0 Å². The summed E-state index contributed by atoms with van der Waals surface area (Å²) in [6.45, 7) is 6.57. The van der Waals surface area contributed by atoms with Gasteiger partial charge in [0.25, 0.3) is 0 Å². The van der Waals surface area contributed by atoms with Gasteiger partial charge in [0.2, 0.25) is 0 Å². The number of benzene rings is 1. The van der Waals surface area contributed by atoms with Gasteiger partial charge in [-0.3, -0.25) is 0 Å². The van der Waals surface area contributed by atoms with E-state index >= 15 is 0 Å². The summed E-state index contributed by atoms with van der Waals surface area (Å²) in [6, 6.07) is 8.12. The van der Waals surface area contributed by atoms with Gasteiger partial charge in [-0.25, -0.2) is 4.98 Å². The highest BCUT2D eigenvalue weighted by atomic mass is 35.5. The van der Waals surface area contributed by atoms with E-state index < -0.39 is 0 Å². The van der Waals surface area contributed by atoms with Gasteiger partial charge in [0.15, 0.2) is 5.95 Å². The molecule has 0 unspecified atom stereocenters. The first-order valence-corrected chi connectivity index (χ1v) is 6.86. The normalized spacial score (nSPS) is 24.4. The molecule has 3 nitrogen and oxygen atoms in total. The van der Waals surface area contributed by atoms with E-state index in [2.05, 4.69) is 35.9 Å². The third kappa shape index (κ3) is 1.93. The Hall–Kier alpha value is -1.48. The molecule has 0 spiro atoms. The standard InChI is InChI=1S/C15H18ClN3/c1-8-13(19-14(17)18-8)12-11(15(12,2)3)9-5-4-6-10(16)7-9/h4-7,11-12H,1-3H3,(H3,17,18,19)/t11-,12+/m0/s1. The maximum absolute atomic E-state index is 6.10. The monoisotopic (exact) mass is 275 g/mol. The molecule has 2 aromatic rings. The van der Waals surface area contributed by atoms with Crippen LogP contribution < -0.4 is 5.73 Å². The number of anilines is 1. The number of nitrogen functional groups attached to an aromatic ring is 1. The third-order valence-corrected chi connectivity index (χ3v) is 4.51. The molecule has 3 N–H and O–H groups in total. The molecule has 0 saturated heterocycles. The van der Waals surface area contributed by atoms with E-state index in [4.69, 9.17) is 17.3 Å². The summed E-state index contributed by atoms with van der Waals surface area (Å²) >= 11 is 6.10. The van der Waals surface area contributed by atoms with E-state index in [1.165, 1.54) is 5.56 Å². The SMILES string of the molecule is Cc1[nH]c(N)nc1[C@H]1[C@H](c2cccc(Cl)c2)C1(C)C. The molecule has 1 aliphatic rings. The van der Waals surface area contributed by atoms with Crippen molar-refractivity contribution in [2.45, 2.75) is 32.6 Å². The molecule has 100 valence electrons. The molecular weight excluding hydrogens is 258 g/mol. The zero-order valence-corrected chi connectivity index (χ0v) is 12.1. The van der Waals surface area contributed by atoms with Crippen LogP contribution in [-0.4, -0.2) is 9.97 Å². The summed E-state index contributed by atoms with van der Waals surface area (Å²) in [5.41, 5.74) is 9.39. The van der Waals surface area contributed by atoms with Crippen LogP contribution in [0.1, 0.15) is 42.6 Å². The van der Waals surface area contributed by atoms with Crippen LogP contribution in [0.3, 0.4) is 0 Å². The average Bonchev–Trinajstić information content (AvgIpc) is 2.72. The molecule has 0 bridgehead atoms. The summed E-state index contributed by atoms with van der Waals surface area (Å²) in [6.07, 6.45) is 0. The van der Waals surface area contributed by atoms with Gasteiger partial charge >= 0.3 is 0 Å². The maximum Gasteiger partial charge on any atom is 0.197 e. The van der Waals surface area contributed by atoms with E-state index in [0.29, 0.717) is 17.8 Å². The highest BCUT2D eigenvalue weighted by Crippen LogP contribution is 2.70. The Balaban J connectivity index is 1.99. The van der Waals surface area contributed by atoms with Gasteiger partial charge in [-0.05, 0) is 36.0 Å². The molecule has 1 fully saturated rings. The molecule has 0 aliphatic heterocycles. The lowest BCUT2D eigenvalue weighted by Gasteiger charge is -2.02. The second kappa shape index (κ2) is 4.01. The molecule has 0 amide bonds. The van der Waals surface area contributed by atoms with Crippen LogP contribution in [0.4, 0.5) is 5.95 Å². The van der Waals surface area contributed by atoms with Crippen LogP contribution in [0.5, 0.6) is 0 Å². The van der Waals surface area contributed by atoms with Crippen molar-refractivity contribution in [2.75, 3.05) is 5.73 Å². The molecule has 3 rings (SSSR count). The number of nitrogens with two attached hydrogens (primary N) is 1. The van der Waals surface area contributed by atoms with Gasteiger partial charge in [0, 0.05) is 16.6 Å². The van der Waals surface area contributed by atoms with Gasteiger partial charge < -0.3 is 10.7 Å². The van der Waals surface area contributed by atoms with E-state index in [1.54, 1.807) is 0 Å². The Kier molecular flexibility index (Phi) is 2.65. The summed E-state index contributed by atoms with van der Waals surface area (Å²) in [4.78, 5) is 7.55. The quantitative estimate of drug-likeness (QED) is 0.874. The number of nitrogens with zero attached hydrogens (tertiary/aromatic N) is 1. The first-order chi connectivity index (χ1) is 8.91. The van der Waals surface area contributed by atoms with Crippen molar-refractivity contribution in [3.05, 3.63) is 46.2 Å². The third-order valence-electron chi connectivity index (χ3n) is 4.27. The van der Waals surface area contributed by atoms with Crippen molar-refractivity contribution in [2.24, 2.45) is 5.41 Å². The van der Waals surface area contributed by atoms with E-state index in [0.717, 1.165) is 16.4 Å². The number of rotatable bonds is 2.